The van der Waals surface area contributed by atoms with Gasteiger partial charge in [0.2, 0.25) is 0 Å². The molecular weight excluding hydrogens is 254 g/mol. The maximum atomic E-state index is 11.2. The Morgan fingerprint density at radius 1 is 1.40 bits per heavy atom. The van der Waals surface area contributed by atoms with Crippen LogP contribution in [0.4, 0.5) is 0 Å². The molecule has 114 valence electrons. The van der Waals surface area contributed by atoms with Crippen molar-refractivity contribution >= 4 is 5.97 Å². The van der Waals surface area contributed by atoms with Crippen LogP contribution in [0.1, 0.15) is 58.7 Å². The highest BCUT2D eigenvalue weighted by atomic mass is 16.4. The third-order valence-corrected chi connectivity index (χ3v) is 3.51. The van der Waals surface area contributed by atoms with Crippen molar-refractivity contribution in [1.82, 2.24) is 15.1 Å². The normalized spacial score (nSPS) is 13.1. The van der Waals surface area contributed by atoms with Gasteiger partial charge in [0.05, 0.1) is 11.7 Å². The Morgan fingerprint density at radius 2 is 2.05 bits per heavy atom. The van der Waals surface area contributed by atoms with Crippen LogP contribution in [0.2, 0.25) is 0 Å². The van der Waals surface area contributed by atoms with Crippen LogP contribution in [0.3, 0.4) is 0 Å². The fourth-order valence-corrected chi connectivity index (χ4v) is 2.31. The van der Waals surface area contributed by atoms with Gasteiger partial charge in [-0.15, -0.1) is 0 Å². The van der Waals surface area contributed by atoms with Gasteiger partial charge in [-0.2, -0.15) is 5.10 Å². The molecule has 0 spiro atoms. The Hall–Kier alpha value is -1.36. The minimum absolute atomic E-state index is 0.353. The van der Waals surface area contributed by atoms with Crippen molar-refractivity contribution in [2.45, 2.75) is 65.6 Å². The highest BCUT2D eigenvalue weighted by Gasteiger charge is 2.18. The summed E-state index contributed by atoms with van der Waals surface area (Å²) < 4.78 is 1.98. The van der Waals surface area contributed by atoms with Gasteiger partial charge in [-0.3, -0.25) is 14.8 Å². The van der Waals surface area contributed by atoms with Gasteiger partial charge in [0.25, 0.3) is 0 Å². The number of aromatic nitrogens is 2. The van der Waals surface area contributed by atoms with E-state index in [2.05, 4.69) is 24.3 Å². The molecule has 0 saturated carbocycles. The third kappa shape index (κ3) is 4.96. The summed E-state index contributed by atoms with van der Waals surface area (Å²) in [7, 11) is 0. The molecule has 1 aromatic heterocycles. The molecule has 1 unspecified atom stereocenters. The average Bonchev–Trinajstić information content (AvgIpc) is 2.84. The first kappa shape index (κ1) is 16.7. The Kier molecular flexibility index (Phi) is 6.71. The number of carbonyl (C=O) groups is 1. The van der Waals surface area contributed by atoms with Crippen LogP contribution in [-0.4, -0.2) is 26.9 Å². The predicted molar refractivity (Wildman–Crippen MR) is 79.6 cm³/mol. The van der Waals surface area contributed by atoms with Crippen molar-refractivity contribution in [2.24, 2.45) is 5.92 Å². The third-order valence-electron chi connectivity index (χ3n) is 3.51. The molecule has 5 heteroatoms. The molecule has 1 rings (SSSR count). The van der Waals surface area contributed by atoms with Crippen LogP contribution in [-0.2, 0) is 11.3 Å². The molecule has 20 heavy (non-hydrogen) atoms. The molecule has 0 aliphatic heterocycles. The van der Waals surface area contributed by atoms with Gasteiger partial charge in [0, 0.05) is 12.7 Å². The lowest BCUT2D eigenvalue weighted by molar-refractivity contribution is -0.140. The molecule has 2 N–H and O–H groups in total. The van der Waals surface area contributed by atoms with Gasteiger partial charge < -0.3 is 5.11 Å². The molecule has 1 atom stereocenters. The molecule has 1 aromatic rings. The Morgan fingerprint density at radius 3 is 2.55 bits per heavy atom. The standard InChI is InChI=1S/C15H27N3O2/c1-5-13(6-2)18-8-7-12(17-18)10-16-14(15(19)20)9-11(3)4/h7-8,11,13-14,16H,5-6,9-10H2,1-4H3,(H,19,20). The van der Waals surface area contributed by atoms with E-state index in [0.717, 1.165) is 18.5 Å². The van der Waals surface area contributed by atoms with E-state index in [-0.39, 0.29) is 0 Å². The predicted octanol–water partition coefficient (Wildman–Crippen LogP) is 2.83. The van der Waals surface area contributed by atoms with Crippen LogP contribution >= 0.6 is 0 Å². The second-order valence-corrected chi connectivity index (χ2v) is 5.66. The van der Waals surface area contributed by atoms with Gasteiger partial charge in [-0.05, 0) is 31.2 Å². The van der Waals surface area contributed by atoms with Crippen LogP contribution in [0.15, 0.2) is 12.3 Å². The lowest BCUT2D eigenvalue weighted by Crippen LogP contribution is -2.37. The van der Waals surface area contributed by atoms with Crippen LogP contribution in [0.5, 0.6) is 0 Å². The molecular formula is C15H27N3O2. The molecule has 5 nitrogen and oxygen atoms in total. The van der Waals surface area contributed by atoms with Crippen LogP contribution in [0, 0.1) is 5.92 Å². The summed E-state index contributed by atoms with van der Waals surface area (Å²) in [6, 6.07) is 1.88. The molecule has 0 amide bonds. The Balaban J connectivity index is 2.58. The zero-order chi connectivity index (χ0) is 15.1. The summed E-state index contributed by atoms with van der Waals surface area (Å²) >= 11 is 0. The Bertz CT molecular complexity index is 411. The first-order chi connectivity index (χ1) is 9.47. The lowest BCUT2D eigenvalue weighted by atomic mass is 10.0. The molecule has 0 saturated heterocycles. The van der Waals surface area contributed by atoms with Gasteiger partial charge in [-0.25, -0.2) is 0 Å². The topological polar surface area (TPSA) is 67.2 Å². The van der Waals surface area contributed by atoms with Gasteiger partial charge in [-0.1, -0.05) is 27.7 Å². The van der Waals surface area contributed by atoms with Crippen molar-refractivity contribution < 1.29 is 9.90 Å². The molecule has 0 aliphatic rings. The van der Waals surface area contributed by atoms with E-state index in [1.54, 1.807) is 0 Å². The van der Waals surface area contributed by atoms with Crippen molar-refractivity contribution in [3.05, 3.63) is 18.0 Å². The summed E-state index contributed by atoms with van der Waals surface area (Å²) in [4.78, 5) is 11.2. The molecule has 1 heterocycles. The summed E-state index contributed by atoms with van der Waals surface area (Å²) in [5, 5.41) is 16.8. The van der Waals surface area contributed by atoms with Crippen LogP contribution in [0.25, 0.3) is 0 Å². The van der Waals surface area contributed by atoms with Gasteiger partial charge >= 0.3 is 5.97 Å². The second-order valence-electron chi connectivity index (χ2n) is 5.66. The zero-order valence-electron chi connectivity index (χ0n) is 13.0. The van der Waals surface area contributed by atoms with E-state index in [9.17, 15) is 9.90 Å². The Labute approximate surface area is 121 Å². The molecule has 0 aromatic carbocycles. The van der Waals surface area contributed by atoms with Crippen LogP contribution < -0.4 is 5.32 Å². The lowest BCUT2D eigenvalue weighted by Gasteiger charge is -2.16. The van der Waals surface area contributed by atoms with E-state index in [1.165, 1.54) is 0 Å². The first-order valence-electron chi connectivity index (χ1n) is 7.48. The summed E-state index contributed by atoms with van der Waals surface area (Å²) in [6.45, 7) is 8.85. The number of nitrogens with one attached hydrogen (secondary N) is 1. The van der Waals surface area contributed by atoms with E-state index in [4.69, 9.17) is 0 Å². The maximum Gasteiger partial charge on any atom is 0.320 e. The number of aliphatic carboxylic acids is 1. The van der Waals surface area contributed by atoms with E-state index >= 15 is 0 Å². The minimum Gasteiger partial charge on any atom is -0.480 e. The van der Waals surface area contributed by atoms with Crippen molar-refractivity contribution in [3.63, 3.8) is 0 Å². The van der Waals surface area contributed by atoms with Crippen molar-refractivity contribution in [1.29, 1.82) is 0 Å². The smallest absolute Gasteiger partial charge is 0.320 e. The summed E-state index contributed by atoms with van der Waals surface area (Å²) in [6.07, 6.45) is 4.71. The van der Waals surface area contributed by atoms with E-state index in [1.807, 2.05) is 30.8 Å². The number of carboxylic acids is 1. The van der Waals surface area contributed by atoms with Crippen molar-refractivity contribution in [2.75, 3.05) is 0 Å². The number of carboxylic acid groups (broad SMARTS) is 1. The second kappa shape index (κ2) is 8.04. The quantitative estimate of drug-likeness (QED) is 0.730. The fraction of sp³-hybridized carbons (Fsp3) is 0.733. The summed E-state index contributed by atoms with van der Waals surface area (Å²) in [5.41, 5.74) is 0.895. The fourth-order valence-electron chi connectivity index (χ4n) is 2.31. The van der Waals surface area contributed by atoms with Gasteiger partial charge in [0.1, 0.15) is 6.04 Å². The zero-order valence-corrected chi connectivity index (χ0v) is 13.0. The average molecular weight is 281 g/mol. The van der Waals surface area contributed by atoms with E-state index in [0.29, 0.717) is 24.9 Å². The molecule has 0 radical (unpaired) electrons. The highest BCUT2D eigenvalue weighted by Crippen LogP contribution is 2.14. The largest absolute Gasteiger partial charge is 0.480 e. The molecule has 0 bridgehead atoms. The minimum atomic E-state index is -0.793. The first-order valence-corrected chi connectivity index (χ1v) is 7.48. The highest BCUT2D eigenvalue weighted by molar-refractivity contribution is 5.73. The monoisotopic (exact) mass is 281 g/mol. The van der Waals surface area contributed by atoms with Crippen molar-refractivity contribution in [3.8, 4) is 0 Å². The summed E-state index contributed by atoms with van der Waals surface area (Å²) in [5.74, 6) is -0.441. The van der Waals surface area contributed by atoms with E-state index < -0.39 is 12.0 Å². The number of hydrogen-bond donors (Lipinski definition) is 2. The molecule has 0 fully saturated rings. The maximum absolute atomic E-state index is 11.2. The van der Waals surface area contributed by atoms with Gasteiger partial charge in [0.15, 0.2) is 0 Å². The number of rotatable bonds is 9. The SMILES string of the molecule is CCC(CC)n1ccc(CNC(CC(C)C)C(=O)O)n1. The number of hydrogen-bond acceptors (Lipinski definition) is 3. The molecule has 0 aliphatic carbocycles. The number of nitrogens with zero attached hydrogens (tertiary/aromatic N) is 2.